The van der Waals surface area contributed by atoms with Crippen molar-refractivity contribution < 1.29 is 24.2 Å². The third kappa shape index (κ3) is 4.93. The highest BCUT2D eigenvalue weighted by Crippen LogP contribution is 2.44. The predicted molar refractivity (Wildman–Crippen MR) is 108 cm³/mol. The number of amides is 2. The molecule has 0 fully saturated rings. The number of aliphatic carboxylic acids is 1. The maximum absolute atomic E-state index is 12.2. The van der Waals surface area contributed by atoms with Gasteiger partial charge in [0, 0.05) is 19.4 Å². The first kappa shape index (κ1) is 20.4. The van der Waals surface area contributed by atoms with Gasteiger partial charge in [0.2, 0.25) is 5.91 Å². The SMILES string of the molecule is CC(=O)NCCC[C@H](NC(=O)OCC1c2ccccc2-c2ccccc21)C(=O)O. The van der Waals surface area contributed by atoms with E-state index in [1.807, 2.05) is 48.5 Å². The highest BCUT2D eigenvalue weighted by atomic mass is 16.5. The van der Waals surface area contributed by atoms with Crippen LogP contribution in [0.2, 0.25) is 0 Å². The summed E-state index contributed by atoms with van der Waals surface area (Å²) in [5.74, 6) is -1.40. The van der Waals surface area contributed by atoms with Crippen LogP contribution in [0.3, 0.4) is 0 Å². The van der Waals surface area contributed by atoms with Crippen molar-refractivity contribution in [3.8, 4) is 11.1 Å². The number of alkyl carbamates (subject to hydrolysis) is 1. The van der Waals surface area contributed by atoms with Gasteiger partial charge in [-0.3, -0.25) is 4.79 Å². The van der Waals surface area contributed by atoms with Crippen LogP contribution in [0.5, 0.6) is 0 Å². The van der Waals surface area contributed by atoms with Crippen LogP contribution >= 0.6 is 0 Å². The van der Waals surface area contributed by atoms with E-state index in [9.17, 15) is 19.5 Å². The van der Waals surface area contributed by atoms with Crippen LogP contribution in [0.4, 0.5) is 4.79 Å². The van der Waals surface area contributed by atoms with Crippen LogP contribution in [-0.2, 0) is 14.3 Å². The number of carbonyl (C=O) groups excluding carboxylic acids is 2. The van der Waals surface area contributed by atoms with Crippen LogP contribution in [0.1, 0.15) is 36.8 Å². The summed E-state index contributed by atoms with van der Waals surface area (Å²) >= 11 is 0. The average molecular weight is 396 g/mol. The molecular weight excluding hydrogens is 372 g/mol. The van der Waals surface area contributed by atoms with Gasteiger partial charge < -0.3 is 20.5 Å². The second kappa shape index (κ2) is 9.23. The summed E-state index contributed by atoms with van der Waals surface area (Å²) in [6.07, 6.45) is -0.140. The Kier molecular flexibility index (Phi) is 6.49. The van der Waals surface area contributed by atoms with Crippen molar-refractivity contribution in [3.05, 3.63) is 59.7 Å². The average Bonchev–Trinajstić information content (AvgIpc) is 3.02. The molecule has 3 N–H and O–H groups in total. The van der Waals surface area contributed by atoms with Gasteiger partial charge in [0.1, 0.15) is 12.6 Å². The Balaban J connectivity index is 1.58. The number of ether oxygens (including phenoxy) is 1. The van der Waals surface area contributed by atoms with Crippen LogP contribution in [0.25, 0.3) is 11.1 Å². The monoisotopic (exact) mass is 396 g/mol. The normalized spacial score (nSPS) is 13.1. The Morgan fingerprint density at radius 3 is 2.17 bits per heavy atom. The first-order valence-corrected chi connectivity index (χ1v) is 9.56. The van der Waals surface area contributed by atoms with Gasteiger partial charge in [-0.15, -0.1) is 0 Å². The van der Waals surface area contributed by atoms with Crippen LogP contribution in [-0.4, -0.2) is 42.3 Å². The standard InChI is InChI=1S/C22H24N2O5/c1-14(25)23-12-6-11-20(21(26)27)24-22(28)29-13-19-17-9-4-2-7-15(17)16-8-3-5-10-18(16)19/h2-5,7-10,19-20H,6,11-13H2,1H3,(H,23,25)(H,24,28)(H,26,27)/t20-/m0/s1. The summed E-state index contributed by atoms with van der Waals surface area (Å²) in [7, 11) is 0. The fourth-order valence-corrected chi connectivity index (χ4v) is 3.61. The number of fused-ring (bicyclic) bond motifs is 3. The van der Waals surface area contributed by atoms with Crippen LogP contribution < -0.4 is 10.6 Å². The fraction of sp³-hybridized carbons (Fsp3) is 0.318. The molecule has 0 saturated heterocycles. The molecule has 0 heterocycles. The predicted octanol–water partition coefficient (Wildman–Crippen LogP) is 2.89. The van der Waals surface area contributed by atoms with E-state index in [0.717, 1.165) is 22.3 Å². The Hall–Kier alpha value is -3.35. The second-order valence-corrected chi connectivity index (χ2v) is 6.99. The van der Waals surface area contributed by atoms with Gasteiger partial charge >= 0.3 is 12.1 Å². The molecule has 1 aliphatic carbocycles. The molecule has 152 valence electrons. The number of carboxylic acid groups (broad SMARTS) is 1. The van der Waals surface area contributed by atoms with Crippen molar-refractivity contribution in [3.63, 3.8) is 0 Å². The molecule has 2 aromatic rings. The molecule has 0 saturated carbocycles. The zero-order chi connectivity index (χ0) is 20.8. The van der Waals surface area contributed by atoms with E-state index >= 15 is 0 Å². The molecular formula is C22H24N2O5. The Morgan fingerprint density at radius 1 is 1.03 bits per heavy atom. The molecule has 29 heavy (non-hydrogen) atoms. The highest BCUT2D eigenvalue weighted by molar-refractivity contribution is 5.81. The molecule has 0 bridgehead atoms. The first-order valence-electron chi connectivity index (χ1n) is 9.56. The number of benzene rings is 2. The number of hydrogen-bond donors (Lipinski definition) is 3. The van der Waals surface area contributed by atoms with Gasteiger partial charge in [-0.1, -0.05) is 48.5 Å². The van der Waals surface area contributed by atoms with E-state index in [2.05, 4.69) is 10.6 Å². The number of hydrogen-bond acceptors (Lipinski definition) is 4. The number of carboxylic acids is 1. The number of rotatable bonds is 8. The summed E-state index contributed by atoms with van der Waals surface area (Å²) in [6.45, 7) is 1.87. The third-order valence-corrected chi connectivity index (χ3v) is 4.98. The zero-order valence-corrected chi connectivity index (χ0v) is 16.2. The topological polar surface area (TPSA) is 105 Å². The Bertz CT molecular complexity index is 866. The van der Waals surface area contributed by atoms with Crippen molar-refractivity contribution in [1.29, 1.82) is 0 Å². The second-order valence-electron chi connectivity index (χ2n) is 6.99. The van der Waals surface area contributed by atoms with Gasteiger partial charge in [0.15, 0.2) is 0 Å². The molecule has 0 aromatic heterocycles. The molecule has 3 rings (SSSR count). The van der Waals surface area contributed by atoms with Crippen molar-refractivity contribution in [2.45, 2.75) is 31.7 Å². The molecule has 7 nitrogen and oxygen atoms in total. The van der Waals surface area contributed by atoms with Gasteiger partial charge in [-0.05, 0) is 35.1 Å². The molecule has 2 amide bonds. The van der Waals surface area contributed by atoms with Crippen molar-refractivity contribution in [2.24, 2.45) is 0 Å². The summed E-state index contributed by atoms with van der Waals surface area (Å²) < 4.78 is 5.38. The van der Waals surface area contributed by atoms with Crippen molar-refractivity contribution in [2.75, 3.05) is 13.2 Å². The molecule has 1 aliphatic rings. The first-order chi connectivity index (χ1) is 14.0. The van der Waals surface area contributed by atoms with Gasteiger partial charge in [0.05, 0.1) is 0 Å². The zero-order valence-electron chi connectivity index (χ0n) is 16.2. The minimum atomic E-state index is -1.14. The van der Waals surface area contributed by atoms with Crippen molar-refractivity contribution in [1.82, 2.24) is 10.6 Å². The lowest BCUT2D eigenvalue weighted by atomic mass is 9.98. The van der Waals surface area contributed by atoms with E-state index in [1.165, 1.54) is 6.92 Å². The van der Waals surface area contributed by atoms with Gasteiger partial charge in [0.25, 0.3) is 0 Å². The van der Waals surface area contributed by atoms with Gasteiger partial charge in [-0.2, -0.15) is 0 Å². The minimum Gasteiger partial charge on any atom is -0.480 e. The molecule has 0 radical (unpaired) electrons. The molecule has 0 aliphatic heterocycles. The summed E-state index contributed by atoms with van der Waals surface area (Å²) in [5.41, 5.74) is 4.43. The van der Waals surface area contributed by atoms with E-state index < -0.39 is 18.1 Å². The lowest BCUT2D eigenvalue weighted by molar-refractivity contribution is -0.139. The Morgan fingerprint density at radius 2 is 1.62 bits per heavy atom. The smallest absolute Gasteiger partial charge is 0.407 e. The van der Waals surface area contributed by atoms with E-state index in [0.29, 0.717) is 13.0 Å². The Labute approximate surface area is 169 Å². The highest BCUT2D eigenvalue weighted by Gasteiger charge is 2.29. The lowest BCUT2D eigenvalue weighted by Gasteiger charge is -2.17. The lowest BCUT2D eigenvalue weighted by Crippen LogP contribution is -2.41. The maximum atomic E-state index is 12.2. The minimum absolute atomic E-state index is 0.0869. The molecule has 1 atom stereocenters. The van der Waals surface area contributed by atoms with E-state index in [-0.39, 0.29) is 24.9 Å². The summed E-state index contributed by atoms with van der Waals surface area (Å²) in [4.78, 5) is 34.5. The summed E-state index contributed by atoms with van der Waals surface area (Å²) in [6, 6.07) is 14.9. The molecule has 7 heteroatoms. The van der Waals surface area contributed by atoms with E-state index in [4.69, 9.17) is 4.74 Å². The fourth-order valence-electron chi connectivity index (χ4n) is 3.61. The van der Waals surface area contributed by atoms with E-state index in [1.54, 1.807) is 0 Å². The largest absolute Gasteiger partial charge is 0.480 e. The maximum Gasteiger partial charge on any atom is 0.407 e. The third-order valence-electron chi connectivity index (χ3n) is 4.98. The molecule has 0 spiro atoms. The quantitative estimate of drug-likeness (QED) is 0.595. The van der Waals surface area contributed by atoms with Crippen molar-refractivity contribution >= 4 is 18.0 Å². The van der Waals surface area contributed by atoms with Crippen LogP contribution in [0, 0.1) is 0 Å². The molecule has 2 aromatic carbocycles. The number of nitrogens with one attached hydrogen (secondary N) is 2. The number of carbonyl (C=O) groups is 3. The van der Waals surface area contributed by atoms with Gasteiger partial charge in [-0.25, -0.2) is 9.59 Å². The van der Waals surface area contributed by atoms with Crippen LogP contribution in [0.15, 0.2) is 48.5 Å². The summed E-state index contributed by atoms with van der Waals surface area (Å²) in [5, 5.41) is 14.3. The molecule has 0 unspecified atom stereocenters.